The number of nitrogens with one attached hydrogen (secondary N) is 1. The number of anilines is 3. The molecule has 0 unspecified atom stereocenters. The number of aryl methyl sites for hydroxylation is 3. The average Bonchev–Trinajstić information content (AvgIpc) is 3.56. The van der Waals surface area contributed by atoms with Crippen LogP contribution in [0.5, 0.6) is 0 Å². The number of imidazole rings is 1. The topological polar surface area (TPSA) is 124 Å². The Morgan fingerprint density at radius 3 is 2.09 bits per heavy atom. The maximum Gasteiger partial charge on any atom is 0.419 e. The van der Waals surface area contributed by atoms with Gasteiger partial charge in [-0.3, -0.25) is 9.36 Å². The Kier molecular flexibility index (Phi) is 13.4. The third-order valence-electron chi connectivity index (χ3n) is 7.98. The van der Waals surface area contributed by atoms with Gasteiger partial charge in [0.2, 0.25) is 0 Å². The van der Waals surface area contributed by atoms with Crippen molar-refractivity contribution < 1.29 is 26.7 Å². The lowest BCUT2D eigenvalue weighted by atomic mass is 10.1. The van der Waals surface area contributed by atoms with Crippen molar-refractivity contribution in [3.8, 4) is 17.2 Å². The van der Waals surface area contributed by atoms with E-state index in [9.17, 15) is 26.7 Å². The fraction of sp³-hybridized carbons (Fsp3) is 0.150. The van der Waals surface area contributed by atoms with Gasteiger partial charge >= 0.3 is 6.18 Å². The van der Waals surface area contributed by atoms with Crippen molar-refractivity contribution in [3.05, 3.63) is 137 Å². The molecule has 0 atom stereocenters. The third-order valence-corrected chi connectivity index (χ3v) is 9.10. The Morgan fingerprint density at radius 2 is 1.41 bits per heavy atom. The summed E-state index contributed by atoms with van der Waals surface area (Å²) in [5.41, 5.74) is 10.7. The number of aldehydes is 1. The van der Waals surface area contributed by atoms with Gasteiger partial charge < -0.3 is 11.1 Å². The Hall–Kier alpha value is -5.87. The van der Waals surface area contributed by atoms with Crippen LogP contribution < -0.4 is 11.1 Å². The normalized spacial score (nSPS) is 11.0. The summed E-state index contributed by atoms with van der Waals surface area (Å²) < 4.78 is 67.7. The first kappa shape index (κ1) is 41.3. The third kappa shape index (κ3) is 10.2. The molecule has 0 spiro atoms. The zero-order valence-electron chi connectivity index (χ0n) is 30.7. The molecular weight excluding hydrogens is 768 g/mol. The van der Waals surface area contributed by atoms with Gasteiger partial charge in [-0.2, -0.15) is 13.2 Å². The van der Waals surface area contributed by atoms with Gasteiger partial charge in [-0.15, -0.1) is 0 Å². The number of halogens is 5. The molecule has 0 aliphatic heterocycles. The number of alkyl halides is 3. The minimum absolute atomic E-state index is 0.136. The zero-order valence-corrected chi connectivity index (χ0v) is 32.3. The van der Waals surface area contributed by atoms with Gasteiger partial charge in [0.05, 0.1) is 28.0 Å². The summed E-state index contributed by atoms with van der Waals surface area (Å²) in [6.07, 6.45) is 2.96. The second kappa shape index (κ2) is 18.2. The second-order valence-electron chi connectivity index (χ2n) is 12.1. The molecule has 3 N–H and O–H groups in total. The smallest absolute Gasteiger partial charge is 0.397 e. The van der Waals surface area contributed by atoms with E-state index < -0.39 is 17.6 Å². The summed E-state index contributed by atoms with van der Waals surface area (Å²) in [6.45, 7) is 5.56. The van der Waals surface area contributed by atoms with E-state index in [4.69, 9.17) is 5.73 Å². The van der Waals surface area contributed by atoms with Crippen LogP contribution >= 0.6 is 23.5 Å². The molecule has 0 bridgehead atoms. The number of aromatic nitrogens is 6. The number of thioether (sulfide) groups is 2. The van der Waals surface area contributed by atoms with Crippen LogP contribution in [0.25, 0.3) is 28.2 Å². The molecule has 4 aromatic carbocycles. The van der Waals surface area contributed by atoms with Crippen molar-refractivity contribution in [2.45, 2.75) is 37.3 Å². The molecule has 0 aliphatic rings. The molecule has 3 aromatic heterocycles. The Morgan fingerprint density at radius 1 is 0.750 bits per heavy atom. The van der Waals surface area contributed by atoms with Gasteiger partial charge in [-0.1, -0.05) is 35.7 Å². The molecule has 9 nitrogen and oxygen atoms in total. The highest BCUT2D eigenvalue weighted by Crippen LogP contribution is 2.36. The van der Waals surface area contributed by atoms with E-state index >= 15 is 0 Å². The van der Waals surface area contributed by atoms with Gasteiger partial charge in [-0.05, 0) is 123 Å². The van der Waals surface area contributed by atoms with Crippen LogP contribution in [0.1, 0.15) is 32.6 Å². The molecule has 0 fully saturated rings. The zero-order chi connectivity index (χ0) is 40.6. The summed E-state index contributed by atoms with van der Waals surface area (Å²) in [5, 5.41) is 4.45. The highest BCUT2D eigenvalue weighted by atomic mass is 32.2. The van der Waals surface area contributed by atoms with Crippen molar-refractivity contribution in [3.63, 3.8) is 0 Å². The standard InChI is InChI=1S/C20H14F4N4S.C12H14N4S.C8H7FO/c1-11-3-6-15-16(9-11)28(17-7-8-25-19(27-17)29-2)18(26-15)12-4-5-14(21)13(10-12)20(22,23)24;1-8-3-4-9(13)10(7-8)15-11-5-6-14-12(16-11)17-2;1-6-4-7(5-10)2-3-8(6)9/h3-10H,1-2H3;3-7H,13H2,1-2H3,(H,14,15,16);2-5H,1H3. The van der Waals surface area contributed by atoms with E-state index in [2.05, 4.69) is 30.2 Å². The molecule has 7 rings (SSSR count). The molecular formula is C40H35F5N8OS2. The van der Waals surface area contributed by atoms with Crippen LogP contribution in [0, 0.1) is 32.4 Å². The number of rotatable bonds is 7. The lowest BCUT2D eigenvalue weighted by molar-refractivity contribution is -0.139. The summed E-state index contributed by atoms with van der Waals surface area (Å²) >= 11 is 2.85. The lowest BCUT2D eigenvalue weighted by Gasteiger charge is -2.12. The van der Waals surface area contributed by atoms with E-state index in [0.29, 0.717) is 45.1 Å². The van der Waals surface area contributed by atoms with Gasteiger partial charge in [0.15, 0.2) is 10.3 Å². The molecule has 0 saturated heterocycles. The number of nitrogens with zero attached hydrogens (tertiary/aromatic N) is 6. The van der Waals surface area contributed by atoms with Crippen molar-refractivity contribution in [2.75, 3.05) is 23.6 Å². The molecule has 0 amide bonds. The van der Waals surface area contributed by atoms with E-state index in [1.807, 2.05) is 62.8 Å². The summed E-state index contributed by atoms with van der Waals surface area (Å²) in [4.78, 5) is 31.7. The van der Waals surface area contributed by atoms with Gasteiger partial charge in [0.25, 0.3) is 0 Å². The molecule has 3 heterocycles. The summed E-state index contributed by atoms with van der Waals surface area (Å²) in [5.74, 6) is -0.147. The predicted octanol–water partition coefficient (Wildman–Crippen LogP) is 10.5. The number of nitrogen functional groups attached to an aromatic ring is 1. The number of carbonyl (C=O) groups excluding carboxylic acids is 1. The first-order chi connectivity index (χ1) is 26.7. The van der Waals surface area contributed by atoms with E-state index in [1.165, 1.54) is 47.8 Å². The minimum atomic E-state index is -4.81. The van der Waals surface area contributed by atoms with Crippen molar-refractivity contribution in [1.29, 1.82) is 0 Å². The molecule has 7 aromatic rings. The quantitative estimate of drug-likeness (QED) is 0.0529. The van der Waals surface area contributed by atoms with Crippen molar-refractivity contribution in [1.82, 2.24) is 29.5 Å². The number of fused-ring (bicyclic) bond motifs is 1. The average molecular weight is 803 g/mol. The minimum Gasteiger partial charge on any atom is -0.397 e. The van der Waals surface area contributed by atoms with Crippen molar-refractivity contribution in [2.24, 2.45) is 0 Å². The molecule has 0 saturated carbocycles. The number of benzene rings is 4. The number of hydrogen-bond donors (Lipinski definition) is 2. The Labute approximate surface area is 328 Å². The van der Waals surface area contributed by atoms with Gasteiger partial charge in [0.1, 0.15) is 35.4 Å². The van der Waals surface area contributed by atoms with E-state index in [1.54, 1.807) is 36.0 Å². The van der Waals surface area contributed by atoms with Gasteiger partial charge in [-0.25, -0.2) is 33.7 Å². The van der Waals surface area contributed by atoms with Crippen LogP contribution in [0.4, 0.5) is 39.1 Å². The first-order valence-corrected chi connectivity index (χ1v) is 19.1. The SMILES string of the molecule is CSc1nccc(-n2c(-c3ccc(F)c(C(F)(F)F)c3)nc3ccc(C)cc32)n1.CSc1nccc(Nc2cc(C)ccc2N)n1.Cc1cc(C=O)ccc1F. The fourth-order valence-electron chi connectivity index (χ4n) is 5.21. The van der Waals surface area contributed by atoms with Crippen LogP contribution in [-0.4, -0.2) is 48.3 Å². The molecule has 56 heavy (non-hydrogen) atoms. The largest absolute Gasteiger partial charge is 0.419 e. The molecule has 288 valence electrons. The number of hydrogen-bond acceptors (Lipinski definition) is 10. The van der Waals surface area contributed by atoms with Gasteiger partial charge in [0, 0.05) is 23.5 Å². The van der Waals surface area contributed by atoms with Crippen LogP contribution in [-0.2, 0) is 6.18 Å². The summed E-state index contributed by atoms with van der Waals surface area (Å²) in [7, 11) is 0. The highest BCUT2D eigenvalue weighted by molar-refractivity contribution is 7.98. The van der Waals surface area contributed by atoms with Crippen LogP contribution in [0.15, 0.2) is 108 Å². The monoisotopic (exact) mass is 802 g/mol. The molecule has 0 aliphatic carbocycles. The first-order valence-electron chi connectivity index (χ1n) is 16.7. The van der Waals surface area contributed by atoms with E-state index in [0.717, 1.165) is 39.9 Å². The maximum absolute atomic E-state index is 13.8. The Bertz CT molecular complexity index is 2490. The lowest BCUT2D eigenvalue weighted by Crippen LogP contribution is -2.09. The van der Waals surface area contributed by atoms with Crippen LogP contribution in [0.2, 0.25) is 0 Å². The molecule has 16 heteroatoms. The maximum atomic E-state index is 13.8. The number of carbonyl (C=O) groups is 1. The summed E-state index contributed by atoms with van der Waals surface area (Å²) in [6, 6.07) is 22.0. The highest BCUT2D eigenvalue weighted by Gasteiger charge is 2.34. The van der Waals surface area contributed by atoms with Crippen LogP contribution in [0.3, 0.4) is 0 Å². The predicted molar refractivity (Wildman–Crippen MR) is 213 cm³/mol. The van der Waals surface area contributed by atoms with E-state index in [-0.39, 0.29) is 17.2 Å². The number of nitrogens with two attached hydrogens (primary N) is 1. The fourth-order valence-corrected chi connectivity index (χ4v) is 5.92. The Balaban J connectivity index is 0.000000186. The second-order valence-corrected chi connectivity index (χ2v) is 13.7. The molecule has 0 radical (unpaired) electrons. The van der Waals surface area contributed by atoms with Crippen molar-refractivity contribution >= 4 is 58.0 Å².